The minimum absolute atomic E-state index is 0.443. The smallest absolute Gasteiger partial charge is 0.0758 e. The molecule has 0 radical (unpaired) electrons. The second kappa shape index (κ2) is 9.57. The van der Waals surface area contributed by atoms with E-state index in [4.69, 9.17) is 23.2 Å². The van der Waals surface area contributed by atoms with Crippen molar-refractivity contribution in [3.05, 3.63) is 69.7 Å². The fourth-order valence-corrected chi connectivity index (χ4v) is 4.44. The van der Waals surface area contributed by atoms with Crippen LogP contribution < -0.4 is 5.32 Å². The van der Waals surface area contributed by atoms with Gasteiger partial charge in [0.05, 0.1) is 6.17 Å². The van der Waals surface area contributed by atoms with Crippen LogP contribution in [0.15, 0.2) is 48.5 Å². The minimum Gasteiger partial charge on any atom is -0.314 e. The summed E-state index contributed by atoms with van der Waals surface area (Å²) in [5.41, 5.74) is 2.66. The van der Waals surface area contributed by atoms with Crippen molar-refractivity contribution in [3.8, 4) is 0 Å². The summed E-state index contributed by atoms with van der Waals surface area (Å²) in [4.78, 5) is 7.85. The van der Waals surface area contributed by atoms with Crippen molar-refractivity contribution in [2.24, 2.45) is 0 Å². The van der Waals surface area contributed by atoms with E-state index >= 15 is 0 Å². The van der Waals surface area contributed by atoms with Gasteiger partial charge in [-0.05, 0) is 35.4 Å². The molecule has 150 valence electrons. The van der Waals surface area contributed by atoms with Crippen molar-refractivity contribution in [2.75, 3.05) is 45.8 Å². The molecule has 4 rings (SSSR count). The van der Waals surface area contributed by atoms with Gasteiger partial charge >= 0.3 is 0 Å². The van der Waals surface area contributed by atoms with E-state index in [1.165, 1.54) is 11.1 Å². The molecule has 0 spiro atoms. The van der Waals surface area contributed by atoms with Crippen LogP contribution in [0.5, 0.6) is 0 Å². The summed E-state index contributed by atoms with van der Waals surface area (Å²) in [6, 6.07) is 16.5. The molecule has 1 unspecified atom stereocenters. The van der Waals surface area contributed by atoms with Crippen LogP contribution >= 0.6 is 23.2 Å². The zero-order chi connectivity index (χ0) is 19.3. The van der Waals surface area contributed by atoms with Crippen LogP contribution in [0.4, 0.5) is 0 Å². The molecule has 0 amide bonds. The van der Waals surface area contributed by atoms with Gasteiger partial charge in [0.15, 0.2) is 0 Å². The molecule has 0 aliphatic carbocycles. The number of piperazine rings is 2. The molecule has 2 aliphatic rings. The van der Waals surface area contributed by atoms with Gasteiger partial charge in [0.2, 0.25) is 0 Å². The Balaban J connectivity index is 1.45. The number of nitrogens with one attached hydrogen (secondary N) is 1. The van der Waals surface area contributed by atoms with Crippen LogP contribution in [0.1, 0.15) is 11.1 Å². The molecule has 0 bridgehead atoms. The van der Waals surface area contributed by atoms with E-state index in [0.29, 0.717) is 6.17 Å². The zero-order valence-electron chi connectivity index (χ0n) is 16.2. The van der Waals surface area contributed by atoms with Crippen LogP contribution in [0, 0.1) is 0 Å². The summed E-state index contributed by atoms with van der Waals surface area (Å²) < 4.78 is 0. The van der Waals surface area contributed by atoms with Crippen LogP contribution in [0.25, 0.3) is 0 Å². The lowest BCUT2D eigenvalue weighted by Gasteiger charge is -2.47. The fraction of sp³-hybridized carbons (Fsp3) is 0.455. The molecule has 6 heteroatoms. The van der Waals surface area contributed by atoms with Gasteiger partial charge in [-0.2, -0.15) is 0 Å². The maximum Gasteiger partial charge on any atom is 0.0758 e. The lowest BCUT2D eigenvalue weighted by Crippen LogP contribution is -2.62. The Morgan fingerprint density at radius 1 is 0.750 bits per heavy atom. The highest BCUT2D eigenvalue weighted by atomic mass is 35.5. The SMILES string of the molecule is Clc1ccc(CN2CCN(Cc3ccc(Cl)cc3)C(N3CCNCC3)C2)cc1. The molecule has 28 heavy (non-hydrogen) atoms. The lowest BCUT2D eigenvalue weighted by molar-refractivity contribution is -0.0342. The fourth-order valence-electron chi connectivity index (χ4n) is 4.18. The number of hydrogen-bond donors (Lipinski definition) is 1. The van der Waals surface area contributed by atoms with Crippen LogP contribution in [-0.2, 0) is 13.1 Å². The van der Waals surface area contributed by atoms with E-state index in [1.54, 1.807) is 0 Å². The largest absolute Gasteiger partial charge is 0.314 e. The van der Waals surface area contributed by atoms with E-state index < -0.39 is 0 Å². The van der Waals surface area contributed by atoms with Crippen molar-refractivity contribution in [1.82, 2.24) is 20.0 Å². The molecule has 1 atom stereocenters. The molecule has 2 aliphatic heterocycles. The first-order chi connectivity index (χ1) is 13.7. The van der Waals surface area contributed by atoms with Gasteiger partial charge in [-0.25, -0.2) is 0 Å². The van der Waals surface area contributed by atoms with E-state index in [9.17, 15) is 0 Å². The molecule has 2 aromatic rings. The van der Waals surface area contributed by atoms with Gasteiger partial charge in [-0.15, -0.1) is 0 Å². The normalized spacial score (nSPS) is 22.4. The van der Waals surface area contributed by atoms with Gasteiger partial charge in [-0.1, -0.05) is 47.5 Å². The molecule has 2 fully saturated rings. The Labute approximate surface area is 178 Å². The summed E-state index contributed by atoms with van der Waals surface area (Å²) in [5.74, 6) is 0. The number of rotatable bonds is 5. The number of halogens is 2. The van der Waals surface area contributed by atoms with Gasteiger partial charge in [0.25, 0.3) is 0 Å². The average molecular weight is 419 g/mol. The van der Waals surface area contributed by atoms with Gasteiger partial charge < -0.3 is 5.32 Å². The number of nitrogens with zero attached hydrogens (tertiary/aromatic N) is 3. The highest BCUT2D eigenvalue weighted by molar-refractivity contribution is 6.30. The maximum atomic E-state index is 6.07. The van der Waals surface area contributed by atoms with Crippen LogP contribution in [0.2, 0.25) is 10.0 Å². The zero-order valence-corrected chi connectivity index (χ0v) is 17.7. The molecule has 4 nitrogen and oxygen atoms in total. The molecule has 0 aromatic heterocycles. The Morgan fingerprint density at radius 3 is 1.93 bits per heavy atom. The Kier molecular flexibility index (Phi) is 6.89. The summed E-state index contributed by atoms with van der Waals surface area (Å²) in [5, 5.41) is 5.08. The Hall–Kier alpha value is -1.14. The predicted octanol–water partition coefficient (Wildman–Crippen LogP) is 3.54. The monoisotopic (exact) mass is 418 g/mol. The summed E-state index contributed by atoms with van der Waals surface area (Å²) in [7, 11) is 0. The van der Waals surface area contributed by atoms with Crippen molar-refractivity contribution < 1.29 is 0 Å². The van der Waals surface area contributed by atoms with Crippen molar-refractivity contribution >= 4 is 23.2 Å². The highest BCUT2D eigenvalue weighted by Crippen LogP contribution is 2.21. The third kappa shape index (κ3) is 5.26. The standard InChI is InChI=1S/C22H28Cl2N4/c23-20-5-1-18(2-6-20)15-26-13-14-28(16-19-3-7-21(24)8-4-19)22(17-26)27-11-9-25-10-12-27/h1-8,22,25H,9-17H2. The molecule has 2 aromatic carbocycles. The quantitative estimate of drug-likeness (QED) is 0.800. The third-order valence-corrected chi connectivity index (χ3v) is 6.24. The molecule has 0 saturated carbocycles. The van der Waals surface area contributed by atoms with Crippen LogP contribution in [0.3, 0.4) is 0 Å². The van der Waals surface area contributed by atoms with Crippen molar-refractivity contribution in [3.63, 3.8) is 0 Å². The molecule has 1 N–H and O–H groups in total. The first-order valence-electron chi connectivity index (χ1n) is 10.1. The number of benzene rings is 2. The van der Waals surface area contributed by atoms with E-state index in [1.807, 2.05) is 24.3 Å². The predicted molar refractivity (Wildman–Crippen MR) is 117 cm³/mol. The molecule has 2 heterocycles. The average Bonchev–Trinajstić information content (AvgIpc) is 2.73. The summed E-state index contributed by atoms with van der Waals surface area (Å²) in [6.07, 6.45) is 0.443. The summed E-state index contributed by atoms with van der Waals surface area (Å²) in [6.45, 7) is 9.53. The van der Waals surface area contributed by atoms with E-state index in [-0.39, 0.29) is 0 Å². The molecular weight excluding hydrogens is 391 g/mol. The van der Waals surface area contributed by atoms with Crippen molar-refractivity contribution in [1.29, 1.82) is 0 Å². The molecular formula is C22H28Cl2N4. The summed E-state index contributed by atoms with van der Waals surface area (Å²) >= 11 is 12.1. The Bertz CT molecular complexity index is 744. The first kappa shape index (κ1) is 20.1. The Morgan fingerprint density at radius 2 is 1.32 bits per heavy atom. The third-order valence-electron chi connectivity index (χ3n) is 5.74. The van der Waals surface area contributed by atoms with Crippen LogP contribution in [-0.4, -0.2) is 66.7 Å². The maximum absolute atomic E-state index is 6.07. The minimum atomic E-state index is 0.443. The lowest BCUT2D eigenvalue weighted by atomic mass is 10.1. The van der Waals surface area contributed by atoms with Gasteiger partial charge in [-0.3, -0.25) is 14.7 Å². The van der Waals surface area contributed by atoms with E-state index in [0.717, 1.165) is 68.9 Å². The van der Waals surface area contributed by atoms with Gasteiger partial charge in [0.1, 0.15) is 0 Å². The van der Waals surface area contributed by atoms with Crippen molar-refractivity contribution in [2.45, 2.75) is 19.3 Å². The molecule has 2 saturated heterocycles. The topological polar surface area (TPSA) is 21.8 Å². The van der Waals surface area contributed by atoms with Gasteiger partial charge in [0, 0.05) is 68.9 Å². The second-order valence-electron chi connectivity index (χ2n) is 7.73. The highest BCUT2D eigenvalue weighted by Gasteiger charge is 2.32. The van der Waals surface area contributed by atoms with E-state index in [2.05, 4.69) is 44.3 Å². The second-order valence-corrected chi connectivity index (χ2v) is 8.60. The first-order valence-corrected chi connectivity index (χ1v) is 10.8. The number of hydrogen-bond acceptors (Lipinski definition) is 4.